The van der Waals surface area contributed by atoms with Crippen molar-refractivity contribution in [2.45, 2.75) is 45.4 Å². The first-order valence-corrected chi connectivity index (χ1v) is 13.8. The minimum atomic E-state index is 0. The molecular weight excluding hydrogens is 640 g/mol. The van der Waals surface area contributed by atoms with Crippen molar-refractivity contribution in [3.05, 3.63) is 120 Å². The van der Waals surface area contributed by atoms with E-state index in [1.54, 1.807) is 0 Å². The van der Waals surface area contributed by atoms with E-state index in [9.17, 15) is 0 Å². The van der Waals surface area contributed by atoms with E-state index < -0.39 is 0 Å². The molecule has 0 atom stereocenters. The number of rotatable bonds is 10. The van der Waals surface area contributed by atoms with Gasteiger partial charge in [0.1, 0.15) is 22.1 Å². The maximum atomic E-state index is 6.72. The zero-order valence-electron chi connectivity index (χ0n) is 23.0. The highest BCUT2D eigenvalue weighted by Gasteiger charge is 2.22. The van der Waals surface area contributed by atoms with Gasteiger partial charge in [-0.05, 0) is 54.7 Å². The number of nitrogen functional groups attached to an aromatic ring is 2. The summed E-state index contributed by atoms with van der Waals surface area (Å²) >= 11 is 0. The highest BCUT2D eigenvalue weighted by atomic mass is 79.9. The molecule has 0 aliphatic carbocycles. The van der Waals surface area contributed by atoms with E-state index in [1.807, 2.05) is 12.1 Å². The number of nitrogens with zero attached hydrogens (tertiary/aromatic N) is 4. The Bertz CT molecular complexity index is 1580. The van der Waals surface area contributed by atoms with Crippen LogP contribution in [0.2, 0.25) is 0 Å². The van der Waals surface area contributed by atoms with Crippen LogP contribution in [-0.4, -0.2) is 9.13 Å². The highest BCUT2D eigenvalue weighted by Crippen LogP contribution is 2.20. The average molecular weight is 677 g/mol. The quantitative estimate of drug-likeness (QED) is 0.149. The summed E-state index contributed by atoms with van der Waals surface area (Å²) in [5, 5.41) is 0. The van der Waals surface area contributed by atoms with Crippen molar-refractivity contribution < 1.29 is 43.1 Å². The predicted octanol–water partition coefficient (Wildman–Crippen LogP) is -0.689. The molecule has 6 nitrogen and oxygen atoms in total. The third kappa shape index (κ3) is 6.34. The van der Waals surface area contributed by atoms with Gasteiger partial charge in [0.05, 0.1) is 26.2 Å². The number of halogens is 2. The second-order valence-electron chi connectivity index (χ2n) is 10.2. The Kier molecular flexibility index (Phi) is 10.2. The predicted molar refractivity (Wildman–Crippen MR) is 158 cm³/mol. The monoisotopic (exact) mass is 674 g/mol. The van der Waals surface area contributed by atoms with E-state index in [0.29, 0.717) is 0 Å². The number of anilines is 2. The van der Waals surface area contributed by atoms with Gasteiger partial charge in [-0.3, -0.25) is 11.5 Å². The summed E-state index contributed by atoms with van der Waals surface area (Å²) in [6, 6.07) is 38.0. The van der Waals surface area contributed by atoms with Crippen LogP contribution in [0.5, 0.6) is 0 Å². The number of imidazole rings is 2. The van der Waals surface area contributed by atoms with E-state index in [2.05, 4.69) is 115 Å². The standard InChI is InChI=1S/C33H34N6.2BrH/c34-32-36(28-18-8-10-20-30(28)38(32)24-26-14-4-1-5-15-26)22-12-3-13-23-37-29-19-9-11-21-31(29)39(33(37)35)25-27-16-6-2-7-17-27;;/h1-2,4-11,14-21,34-35H,3,12-13,22-25H2;2*1H. The lowest BCUT2D eigenvalue weighted by Gasteiger charge is -2.05. The molecule has 41 heavy (non-hydrogen) atoms. The number of hydrogen-bond donors (Lipinski definition) is 2. The van der Waals surface area contributed by atoms with E-state index in [4.69, 9.17) is 11.5 Å². The fourth-order valence-corrected chi connectivity index (χ4v) is 5.68. The maximum absolute atomic E-state index is 6.72. The number of benzene rings is 4. The van der Waals surface area contributed by atoms with Gasteiger partial charge in [-0.15, -0.1) is 0 Å². The van der Waals surface area contributed by atoms with E-state index in [-0.39, 0.29) is 34.0 Å². The van der Waals surface area contributed by atoms with Gasteiger partial charge in [-0.1, -0.05) is 84.9 Å². The van der Waals surface area contributed by atoms with Crippen molar-refractivity contribution in [3.63, 3.8) is 0 Å². The number of unbranched alkanes of at least 4 members (excludes halogenated alkanes) is 2. The first-order chi connectivity index (χ1) is 19.2. The van der Waals surface area contributed by atoms with Crippen molar-refractivity contribution in [1.29, 1.82) is 0 Å². The fourth-order valence-electron chi connectivity index (χ4n) is 5.68. The van der Waals surface area contributed by atoms with Crippen LogP contribution in [0.15, 0.2) is 109 Å². The van der Waals surface area contributed by atoms with Crippen molar-refractivity contribution in [3.8, 4) is 0 Å². The van der Waals surface area contributed by atoms with Crippen molar-refractivity contribution in [2.24, 2.45) is 0 Å². The molecule has 0 fully saturated rings. The normalized spacial score (nSPS) is 10.9. The lowest BCUT2D eigenvalue weighted by molar-refractivity contribution is -0.648. The smallest absolute Gasteiger partial charge is 0.356 e. The molecule has 2 heterocycles. The summed E-state index contributed by atoms with van der Waals surface area (Å²) in [5.41, 5.74) is 20.7. The molecule has 212 valence electrons. The number of aryl methyl sites for hydroxylation is 2. The molecule has 0 amide bonds. The molecular formula is C33H36Br2N6. The summed E-state index contributed by atoms with van der Waals surface area (Å²) in [7, 11) is 0. The summed E-state index contributed by atoms with van der Waals surface area (Å²) < 4.78 is 8.99. The summed E-state index contributed by atoms with van der Waals surface area (Å²) in [6.45, 7) is 3.32. The van der Waals surface area contributed by atoms with Crippen LogP contribution >= 0.6 is 0 Å². The minimum Gasteiger partial charge on any atom is -1.00 e. The Balaban J connectivity index is 0.00000194. The number of fused-ring (bicyclic) bond motifs is 2. The average Bonchev–Trinajstić information content (AvgIpc) is 3.40. The number of hydrogen-bond acceptors (Lipinski definition) is 2. The van der Waals surface area contributed by atoms with Crippen molar-refractivity contribution >= 4 is 34.0 Å². The number of para-hydroxylation sites is 4. The second-order valence-corrected chi connectivity index (χ2v) is 10.2. The molecule has 0 saturated carbocycles. The molecule has 0 bridgehead atoms. The molecule has 8 heteroatoms. The SMILES string of the molecule is Nc1n(CCCCCn2c(N)[n+](Cc3ccccc3)c3ccccc32)c2ccccc2[n+]1Cc1ccccc1.[Br-].[Br-]. The lowest BCUT2D eigenvalue weighted by Crippen LogP contribution is -3.00. The molecule has 4 aromatic carbocycles. The molecule has 6 rings (SSSR count). The van der Waals surface area contributed by atoms with E-state index >= 15 is 0 Å². The van der Waals surface area contributed by atoms with Crippen molar-refractivity contribution in [2.75, 3.05) is 11.5 Å². The molecule has 0 saturated heterocycles. The van der Waals surface area contributed by atoms with Crippen LogP contribution < -0.4 is 54.6 Å². The molecule has 2 aromatic heterocycles. The first kappa shape index (κ1) is 30.3. The molecule has 6 aromatic rings. The van der Waals surface area contributed by atoms with Crippen LogP contribution in [0.3, 0.4) is 0 Å². The van der Waals surface area contributed by atoms with E-state index in [0.717, 1.165) is 57.3 Å². The summed E-state index contributed by atoms with van der Waals surface area (Å²) in [4.78, 5) is 0. The van der Waals surface area contributed by atoms with Gasteiger partial charge in [0.15, 0.2) is 0 Å². The van der Waals surface area contributed by atoms with Gasteiger partial charge < -0.3 is 34.0 Å². The van der Waals surface area contributed by atoms with Crippen LogP contribution in [0.25, 0.3) is 22.1 Å². The molecule has 0 spiro atoms. The van der Waals surface area contributed by atoms with Gasteiger partial charge in [0.25, 0.3) is 0 Å². The zero-order chi connectivity index (χ0) is 26.6. The van der Waals surface area contributed by atoms with Gasteiger partial charge in [-0.25, -0.2) is 18.3 Å². The molecule has 0 unspecified atom stereocenters. The summed E-state index contributed by atoms with van der Waals surface area (Å²) in [5.74, 6) is 1.62. The minimum absolute atomic E-state index is 0. The molecule has 4 N–H and O–H groups in total. The zero-order valence-corrected chi connectivity index (χ0v) is 26.2. The number of nitrogens with two attached hydrogens (primary N) is 2. The van der Waals surface area contributed by atoms with Gasteiger partial charge in [0.2, 0.25) is 0 Å². The Hall–Kier alpha value is -3.62. The molecule has 0 aliphatic heterocycles. The Morgan fingerprint density at radius 2 is 0.829 bits per heavy atom. The fraction of sp³-hybridized carbons (Fsp3) is 0.212. The maximum Gasteiger partial charge on any atom is 0.356 e. The van der Waals surface area contributed by atoms with Gasteiger partial charge in [0, 0.05) is 0 Å². The first-order valence-electron chi connectivity index (χ1n) is 13.8. The van der Waals surface area contributed by atoms with Gasteiger partial charge in [-0.2, -0.15) is 0 Å². The molecule has 0 radical (unpaired) electrons. The van der Waals surface area contributed by atoms with E-state index in [1.165, 1.54) is 33.2 Å². The largest absolute Gasteiger partial charge is 1.00 e. The summed E-state index contributed by atoms with van der Waals surface area (Å²) in [6.07, 6.45) is 3.20. The van der Waals surface area contributed by atoms with Crippen LogP contribution in [-0.2, 0) is 26.2 Å². The van der Waals surface area contributed by atoms with Gasteiger partial charge >= 0.3 is 11.9 Å². The number of aromatic nitrogens is 4. The Labute approximate surface area is 262 Å². The lowest BCUT2D eigenvalue weighted by atomic mass is 10.2. The third-order valence-electron chi connectivity index (χ3n) is 7.66. The van der Waals surface area contributed by atoms with Crippen LogP contribution in [0, 0.1) is 0 Å². The molecule has 0 aliphatic rings. The topological polar surface area (TPSA) is 69.7 Å². The Morgan fingerprint density at radius 3 is 1.24 bits per heavy atom. The van der Waals surface area contributed by atoms with Crippen LogP contribution in [0.4, 0.5) is 11.9 Å². The van der Waals surface area contributed by atoms with Crippen LogP contribution in [0.1, 0.15) is 30.4 Å². The van der Waals surface area contributed by atoms with Crippen molar-refractivity contribution in [1.82, 2.24) is 9.13 Å². The Morgan fingerprint density at radius 1 is 0.463 bits per heavy atom. The third-order valence-corrected chi connectivity index (χ3v) is 7.66. The second kappa shape index (κ2) is 13.8. The highest BCUT2D eigenvalue weighted by molar-refractivity contribution is 5.74.